The van der Waals surface area contributed by atoms with E-state index in [0.29, 0.717) is 23.8 Å². The van der Waals surface area contributed by atoms with E-state index in [0.717, 1.165) is 59.1 Å². The number of likely N-dealkylation sites (tertiary alicyclic amines) is 1. The fourth-order valence-electron chi connectivity index (χ4n) is 5.20. The van der Waals surface area contributed by atoms with Gasteiger partial charge in [-0.1, -0.05) is 6.07 Å². The minimum atomic E-state index is 0.189. The number of benzene rings is 1. The lowest BCUT2D eigenvalue weighted by atomic mass is 10.0. The summed E-state index contributed by atoms with van der Waals surface area (Å²) < 4.78 is 0. The monoisotopic (exact) mass is 413 g/mol. The highest BCUT2D eigenvalue weighted by Gasteiger charge is 2.41. The number of carbonyl (C=O) groups is 1. The third-order valence-corrected chi connectivity index (χ3v) is 6.74. The number of H-pyrrole nitrogens is 1. The molecule has 3 atom stereocenters. The van der Waals surface area contributed by atoms with Crippen molar-refractivity contribution >= 4 is 33.9 Å². The highest BCUT2D eigenvalue weighted by atomic mass is 16.2. The summed E-state index contributed by atoms with van der Waals surface area (Å²) in [4.78, 5) is 34.9. The molecule has 1 aromatic carbocycles. The third-order valence-electron chi connectivity index (χ3n) is 6.74. The molecule has 3 aromatic heterocycles. The first kappa shape index (κ1) is 18.2. The molecule has 1 aliphatic heterocycles. The van der Waals surface area contributed by atoms with Crippen molar-refractivity contribution in [1.82, 2.24) is 29.8 Å². The molecular formula is C23H23N7O. The summed E-state index contributed by atoms with van der Waals surface area (Å²) in [6.07, 6.45) is 9.37. The van der Waals surface area contributed by atoms with Crippen molar-refractivity contribution in [3.05, 3.63) is 43.0 Å². The molecule has 2 fully saturated rings. The zero-order chi connectivity index (χ0) is 20.9. The summed E-state index contributed by atoms with van der Waals surface area (Å²) in [6.45, 7) is 3.43. The maximum atomic E-state index is 11.6. The van der Waals surface area contributed by atoms with E-state index in [1.165, 1.54) is 0 Å². The van der Waals surface area contributed by atoms with Gasteiger partial charge in [-0.2, -0.15) is 4.98 Å². The van der Waals surface area contributed by atoms with Crippen molar-refractivity contribution in [3.63, 3.8) is 0 Å². The van der Waals surface area contributed by atoms with E-state index >= 15 is 0 Å². The largest absolute Gasteiger partial charge is 0.351 e. The molecule has 1 saturated carbocycles. The van der Waals surface area contributed by atoms with Crippen LogP contribution in [0.2, 0.25) is 0 Å². The van der Waals surface area contributed by atoms with Crippen LogP contribution in [-0.4, -0.2) is 54.9 Å². The molecule has 0 spiro atoms. The number of amides is 1. The number of aromatic nitrogens is 5. The van der Waals surface area contributed by atoms with Gasteiger partial charge in [0.25, 0.3) is 0 Å². The van der Waals surface area contributed by atoms with Crippen LogP contribution >= 0.6 is 0 Å². The zero-order valence-corrected chi connectivity index (χ0v) is 17.2. The van der Waals surface area contributed by atoms with Crippen LogP contribution in [0.1, 0.15) is 19.8 Å². The van der Waals surface area contributed by atoms with Crippen LogP contribution in [-0.2, 0) is 4.79 Å². The first-order chi connectivity index (χ1) is 15.1. The molecule has 156 valence electrons. The Hall–Kier alpha value is -3.55. The van der Waals surface area contributed by atoms with Crippen molar-refractivity contribution in [1.29, 1.82) is 0 Å². The maximum absolute atomic E-state index is 11.6. The summed E-state index contributed by atoms with van der Waals surface area (Å²) in [5.41, 5.74) is 4.66. The molecule has 1 amide bonds. The van der Waals surface area contributed by atoms with E-state index in [9.17, 15) is 4.79 Å². The lowest BCUT2D eigenvalue weighted by Gasteiger charge is -2.18. The van der Waals surface area contributed by atoms with Gasteiger partial charge in [0.1, 0.15) is 5.65 Å². The van der Waals surface area contributed by atoms with Crippen LogP contribution in [0, 0.1) is 11.8 Å². The molecule has 31 heavy (non-hydrogen) atoms. The van der Waals surface area contributed by atoms with E-state index in [4.69, 9.17) is 4.98 Å². The van der Waals surface area contributed by atoms with Gasteiger partial charge in [0, 0.05) is 61.8 Å². The first-order valence-electron chi connectivity index (χ1n) is 10.7. The molecule has 8 heteroatoms. The molecule has 1 unspecified atom stereocenters. The Bertz CT molecular complexity index is 1290. The predicted molar refractivity (Wildman–Crippen MR) is 118 cm³/mol. The Kier molecular flexibility index (Phi) is 4.12. The predicted octanol–water partition coefficient (Wildman–Crippen LogP) is 3.24. The Morgan fingerprint density at radius 3 is 2.65 bits per heavy atom. The second kappa shape index (κ2) is 7.01. The molecule has 4 heterocycles. The standard InChI is InChI=1S/C23H23N7O/c1-13(31)30-11-15-6-17(7-16(15)12-30)28-23-27-10-19-18(9-26-22(19)29-23)14-2-3-20-21(8-14)25-5-4-24-20/h2-5,8-10,15-17H,6-7,11-12H2,1H3,(H2,26,27,28,29)/t15-,16+,17?. The molecule has 6 rings (SSSR count). The SMILES string of the molecule is CC(=O)N1C[C@H]2CC(Nc3ncc4c(-c5ccc6nccnc6c5)c[nH]c4n3)C[C@H]2C1. The van der Waals surface area contributed by atoms with Crippen LogP contribution in [0.4, 0.5) is 5.95 Å². The van der Waals surface area contributed by atoms with Gasteiger partial charge in [-0.15, -0.1) is 0 Å². The highest BCUT2D eigenvalue weighted by Crippen LogP contribution is 2.39. The fraction of sp³-hybridized carbons (Fsp3) is 0.348. The number of fused-ring (bicyclic) bond motifs is 3. The topological polar surface area (TPSA) is 99.7 Å². The lowest BCUT2D eigenvalue weighted by Crippen LogP contribution is -2.29. The van der Waals surface area contributed by atoms with Gasteiger partial charge in [0.05, 0.1) is 11.0 Å². The van der Waals surface area contributed by atoms with Crippen LogP contribution in [0.5, 0.6) is 0 Å². The quantitative estimate of drug-likeness (QED) is 0.535. The molecule has 0 bridgehead atoms. The zero-order valence-electron chi connectivity index (χ0n) is 17.2. The Morgan fingerprint density at radius 2 is 1.87 bits per heavy atom. The summed E-state index contributed by atoms with van der Waals surface area (Å²) in [5.74, 6) is 2.00. The van der Waals surface area contributed by atoms with Crippen LogP contribution in [0.25, 0.3) is 33.2 Å². The summed E-state index contributed by atoms with van der Waals surface area (Å²) in [6, 6.07) is 6.43. The number of aromatic amines is 1. The molecule has 1 aliphatic carbocycles. The van der Waals surface area contributed by atoms with Gasteiger partial charge in [0.2, 0.25) is 11.9 Å². The highest BCUT2D eigenvalue weighted by molar-refractivity contribution is 5.95. The average molecular weight is 413 g/mol. The van der Waals surface area contributed by atoms with Crippen molar-refractivity contribution < 1.29 is 4.79 Å². The molecule has 8 nitrogen and oxygen atoms in total. The summed E-state index contributed by atoms with van der Waals surface area (Å²) >= 11 is 0. The second-order valence-corrected chi connectivity index (χ2v) is 8.67. The molecule has 1 saturated heterocycles. The number of nitrogens with zero attached hydrogens (tertiary/aromatic N) is 5. The summed E-state index contributed by atoms with van der Waals surface area (Å²) in [5, 5.41) is 4.50. The van der Waals surface area contributed by atoms with Gasteiger partial charge in [0.15, 0.2) is 0 Å². The van der Waals surface area contributed by atoms with Gasteiger partial charge < -0.3 is 15.2 Å². The van der Waals surface area contributed by atoms with Crippen molar-refractivity contribution in [2.24, 2.45) is 11.8 Å². The van der Waals surface area contributed by atoms with E-state index in [1.807, 2.05) is 35.5 Å². The number of nitrogens with one attached hydrogen (secondary N) is 2. The number of rotatable bonds is 3. The molecule has 0 radical (unpaired) electrons. The number of carbonyl (C=O) groups excluding carboxylic acids is 1. The van der Waals surface area contributed by atoms with Gasteiger partial charge in [-0.3, -0.25) is 14.8 Å². The summed E-state index contributed by atoms with van der Waals surface area (Å²) in [7, 11) is 0. The molecule has 2 aliphatic rings. The molecule has 4 aromatic rings. The Morgan fingerprint density at radius 1 is 1.10 bits per heavy atom. The van der Waals surface area contributed by atoms with E-state index in [-0.39, 0.29) is 5.91 Å². The molecular weight excluding hydrogens is 390 g/mol. The second-order valence-electron chi connectivity index (χ2n) is 8.67. The first-order valence-corrected chi connectivity index (χ1v) is 10.7. The van der Waals surface area contributed by atoms with Gasteiger partial charge in [-0.25, -0.2) is 4.98 Å². The van der Waals surface area contributed by atoms with E-state index in [2.05, 4.69) is 25.3 Å². The Labute approximate surface area is 179 Å². The minimum Gasteiger partial charge on any atom is -0.351 e. The number of anilines is 1. The maximum Gasteiger partial charge on any atom is 0.224 e. The average Bonchev–Trinajstić information content (AvgIpc) is 3.46. The van der Waals surface area contributed by atoms with Crippen LogP contribution < -0.4 is 5.32 Å². The number of hydrogen-bond acceptors (Lipinski definition) is 6. The van der Waals surface area contributed by atoms with Crippen LogP contribution in [0.15, 0.2) is 43.0 Å². The number of hydrogen-bond donors (Lipinski definition) is 2. The van der Waals surface area contributed by atoms with E-state index in [1.54, 1.807) is 19.3 Å². The van der Waals surface area contributed by atoms with Crippen molar-refractivity contribution in [3.8, 4) is 11.1 Å². The van der Waals surface area contributed by atoms with E-state index < -0.39 is 0 Å². The van der Waals surface area contributed by atoms with Gasteiger partial charge >= 0.3 is 0 Å². The van der Waals surface area contributed by atoms with Gasteiger partial charge in [-0.05, 0) is 42.4 Å². The fourth-order valence-corrected chi connectivity index (χ4v) is 5.20. The smallest absolute Gasteiger partial charge is 0.224 e. The van der Waals surface area contributed by atoms with Crippen molar-refractivity contribution in [2.75, 3.05) is 18.4 Å². The van der Waals surface area contributed by atoms with Crippen LogP contribution in [0.3, 0.4) is 0 Å². The molecule has 2 N–H and O–H groups in total. The minimum absolute atomic E-state index is 0.189. The Balaban J connectivity index is 1.21. The third kappa shape index (κ3) is 3.19. The lowest BCUT2D eigenvalue weighted by molar-refractivity contribution is -0.128. The normalized spacial score (nSPS) is 22.9. The van der Waals surface area contributed by atoms with Crippen molar-refractivity contribution in [2.45, 2.75) is 25.8 Å².